The highest BCUT2D eigenvalue weighted by Crippen LogP contribution is 2.35. The van der Waals surface area contributed by atoms with E-state index < -0.39 is 21.8 Å². The van der Waals surface area contributed by atoms with E-state index in [4.69, 9.17) is 0 Å². The lowest BCUT2D eigenvalue weighted by molar-refractivity contribution is -0.137. The molecule has 1 aliphatic carbocycles. The number of alkyl halides is 3. The molecule has 1 saturated carbocycles. The van der Waals surface area contributed by atoms with Crippen LogP contribution in [0.1, 0.15) is 34.3 Å². The normalized spacial score (nSPS) is 14.9. The van der Waals surface area contributed by atoms with Crippen LogP contribution in [0.2, 0.25) is 0 Å². The van der Waals surface area contributed by atoms with E-state index in [-0.39, 0.29) is 23.4 Å². The molecule has 0 aliphatic heterocycles. The zero-order chi connectivity index (χ0) is 20.5. The van der Waals surface area contributed by atoms with Crippen LogP contribution in [0.25, 0.3) is 0 Å². The molecule has 0 bridgehead atoms. The third-order valence-corrected chi connectivity index (χ3v) is 6.40. The molecule has 0 atom stereocenters. The average molecular weight is 412 g/mol. The molecule has 0 heterocycles. The van der Waals surface area contributed by atoms with Gasteiger partial charge in [-0.3, -0.25) is 4.79 Å². The van der Waals surface area contributed by atoms with Gasteiger partial charge in [0.1, 0.15) is 0 Å². The van der Waals surface area contributed by atoms with Crippen molar-refractivity contribution < 1.29 is 26.4 Å². The first-order chi connectivity index (χ1) is 13.1. The zero-order valence-electron chi connectivity index (χ0n) is 15.0. The first-order valence-electron chi connectivity index (χ1n) is 8.63. The number of halogens is 3. The monoisotopic (exact) mass is 412 g/mol. The van der Waals surface area contributed by atoms with Crippen LogP contribution in [0.3, 0.4) is 0 Å². The fraction of sp³-hybridized carbons (Fsp3) is 0.316. The maximum Gasteiger partial charge on any atom is 0.416 e. The van der Waals surface area contributed by atoms with E-state index in [1.54, 1.807) is 24.3 Å². The van der Waals surface area contributed by atoms with Crippen LogP contribution >= 0.6 is 0 Å². The SMILES string of the molecule is CNC(=O)c1ccc(CN(C2CC2)S(=O)(=O)c2cccc(C(F)(F)F)c2)cc1. The van der Waals surface area contributed by atoms with Crippen molar-refractivity contribution >= 4 is 15.9 Å². The summed E-state index contributed by atoms with van der Waals surface area (Å²) in [7, 11) is -2.59. The lowest BCUT2D eigenvalue weighted by Gasteiger charge is -2.22. The van der Waals surface area contributed by atoms with Gasteiger partial charge in [-0.2, -0.15) is 17.5 Å². The van der Waals surface area contributed by atoms with Crippen molar-refractivity contribution in [1.29, 1.82) is 0 Å². The Kier molecular flexibility index (Phi) is 5.49. The van der Waals surface area contributed by atoms with Gasteiger partial charge in [0.2, 0.25) is 10.0 Å². The highest BCUT2D eigenvalue weighted by atomic mass is 32.2. The Morgan fingerprint density at radius 1 is 1.14 bits per heavy atom. The highest BCUT2D eigenvalue weighted by molar-refractivity contribution is 7.89. The Hall–Kier alpha value is -2.39. The fourth-order valence-corrected chi connectivity index (χ4v) is 4.55. The summed E-state index contributed by atoms with van der Waals surface area (Å²) < 4.78 is 66.2. The second-order valence-corrected chi connectivity index (χ2v) is 8.47. The summed E-state index contributed by atoms with van der Waals surface area (Å²) in [6, 6.07) is 9.98. The van der Waals surface area contributed by atoms with Crippen LogP contribution in [-0.4, -0.2) is 31.7 Å². The van der Waals surface area contributed by atoms with E-state index >= 15 is 0 Å². The van der Waals surface area contributed by atoms with Gasteiger partial charge in [0, 0.05) is 25.2 Å². The summed E-state index contributed by atoms with van der Waals surface area (Å²) >= 11 is 0. The molecule has 5 nitrogen and oxygen atoms in total. The van der Waals surface area contributed by atoms with Crippen LogP contribution < -0.4 is 5.32 Å². The first-order valence-corrected chi connectivity index (χ1v) is 10.1. The molecule has 0 saturated heterocycles. The Labute approximate surface area is 161 Å². The van der Waals surface area contributed by atoms with Gasteiger partial charge in [-0.15, -0.1) is 0 Å². The molecule has 0 radical (unpaired) electrons. The number of carbonyl (C=O) groups is 1. The predicted molar refractivity (Wildman–Crippen MR) is 97.0 cm³/mol. The molecular formula is C19H19F3N2O3S. The minimum absolute atomic E-state index is 0.0251. The number of nitrogens with one attached hydrogen (secondary N) is 1. The third kappa shape index (κ3) is 4.36. The molecule has 2 aromatic carbocycles. The number of hydrogen-bond acceptors (Lipinski definition) is 3. The molecular weight excluding hydrogens is 393 g/mol. The molecule has 0 aromatic heterocycles. The van der Waals surface area contributed by atoms with E-state index in [1.165, 1.54) is 17.4 Å². The number of rotatable bonds is 6. The molecule has 1 N–H and O–H groups in total. The average Bonchev–Trinajstić information content (AvgIpc) is 3.50. The van der Waals surface area contributed by atoms with Gasteiger partial charge in [0.15, 0.2) is 0 Å². The summed E-state index contributed by atoms with van der Waals surface area (Å²) in [6.45, 7) is 0.0251. The number of nitrogens with zero attached hydrogens (tertiary/aromatic N) is 1. The molecule has 28 heavy (non-hydrogen) atoms. The van der Waals surface area contributed by atoms with Crippen molar-refractivity contribution in [1.82, 2.24) is 9.62 Å². The Morgan fingerprint density at radius 3 is 2.32 bits per heavy atom. The molecule has 1 fully saturated rings. The standard InChI is InChI=1S/C19H19F3N2O3S/c1-23-18(25)14-7-5-13(6-8-14)12-24(16-9-10-16)28(26,27)17-4-2-3-15(11-17)19(20,21)22/h2-8,11,16H,9-10,12H2,1H3,(H,23,25). The summed E-state index contributed by atoms with van der Waals surface area (Å²) in [4.78, 5) is 11.2. The smallest absolute Gasteiger partial charge is 0.355 e. The summed E-state index contributed by atoms with van der Waals surface area (Å²) in [5, 5.41) is 2.50. The van der Waals surface area contributed by atoms with Gasteiger partial charge >= 0.3 is 6.18 Å². The molecule has 0 unspecified atom stereocenters. The molecule has 9 heteroatoms. The Morgan fingerprint density at radius 2 is 1.79 bits per heavy atom. The van der Waals surface area contributed by atoms with Gasteiger partial charge in [-0.25, -0.2) is 8.42 Å². The van der Waals surface area contributed by atoms with E-state index in [0.717, 1.165) is 12.1 Å². The van der Waals surface area contributed by atoms with Crippen molar-refractivity contribution in [3.63, 3.8) is 0 Å². The lowest BCUT2D eigenvalue weighted by atomic mass is 10.1. The van der Waals surface area contributed by atoms with Gasteiger partial charge < -0.3 is 5.32 Å². The van der Waals surface area contributed by atoms with Crippen molar-refractivity contribution in [3.8, 4) is 0 Å². The number of carbonyl (C=O) groups excluding carboxylic acids is 1. The van der Waals surface area contributed by atoms with Crippen LogP contribution in [-0.2, 0) is 22.7 Å². The van der Waals surface area contributed by atoms with Crippen LogP contribution in [0.15, 0.2) is 53.4 Å². The minimum Gasteiger partial charge on any atom is -0.355 e. The Balaban J connectivity index is 1.89. The maximum atomic E-state index is 13.0. The van der Waals surface area contributed by atoms with Crippen LogP contribution in [0.5, 0.6) is 0 Å². The number of sulfonamides is 1. The quantitative estimate of drug-likeness (QED) is 0.791. The summed E-state index contributed by atoms with van der Waals surface area (Å²) in [6.07, 6.45) is -3.30. The lowest BCUT2D eigenvalue weighted by Crippen LogP contribution is -2.33. The van der Waals surface area contributed by atoms with Crippen LogP contribution in [0, 0.1) is 0 Å². The second kappa shape index (κ2) is 7.56. The minimum atomic E-state index is -4.62. The zero-order valence-corrected chi connectivity index (χ0v) is 15.8. The van der Waals surface area contributed by atoms with Gasteiger partial charge in [0.25, 0.3) is 5.91 Å². The highest BCUT2D eigenvalue weighted by Gasteiger charge is 2.39. The van der Waals surface area contributed by atoms with Gasteiger partial charge in [0.05, 0.1) is 10.5 Å². The summed E-state index contributed by atoms with van der Waals surface area (Å²) in [5.41, 5.74) is 0.0827. The fourth-order valence-electron chi connectivity index (χ4n) is 2.83. The van der Waals surface area contributed by atoms with E-state index in [0.29, 0.717) is 30.0 Å². The van der Waals surface area contributed by atoms with Crippen LogP contribution in [0.4, 0.5) is 13.2 Å². The largest absolute Gasteiger partial charge is 0.416 e. The molecule has 3 rings (SSSR count). The predicted octanol–water partition coefficient (Wildman–Crippen LogP) is 3.42. The molecule has 0 spiro atoms. The summed E-state index contributed by atoms with van der Waals surface area (Å²) in [5.74, 6) is -0.262. The van der Waals surface area contributed by atoms with Gasteiger partial charge in [-0.05, 0) is 48.7 Å². The van der Waals surface area contributed by atoms with Crippen molar-refractivity contribution in [3.05, 3.63) is 65.2 Å². The van der Waals surface area contributed by atoms with Gasteiger partial charge in [-0.1, -0.05) is 18.2 Å². The number of benzene rings is 2. The topological polar surface area (TPSA) is 66.5 Å². The van der Waals surface area contributed by atoms with Crippen molar-refractivity contribution in [2.24, 2.45) is 0 Å². The number of hydrogen-bond donors (Lipinski definition) is 1. The second-order valence-electron chi connectivity index (χ2n) is 6.58. The Bertz CT molecular complexity index is 969. The van der Waals surface area contributed by atoms with E-state index in [1.807, 2.05) is 0 Å². The van der Waals surface area contributed by atoms with E-state index in [2.05, 4.69) is 5.32 Å². The number of amides is 1. The molecule has 1 amide bonds. The first kappa shape index (κ1) is 20.3. The van der Waals surface area contributed by atoms with Crippen molar-refractivity contribution in [2.45, 2.75) is 36.5 Å². The third-order valence-electron chi connectivity index (χ3n) is 4.50. The van der Waals surface area contributed by atoms with E-state index in [9.17, 15) is 26.4 Å². The molecule has 1 aliphatic rings. The van der Waals surface area contributed by atoms with Crippen molar-refractivity contribution in [2.75, 3.05) is 7.05 Å². The molecule has 2 aromatic rings. The maximum absolute atomic E-state index is 13.0. The molecule has 150 valence electrons.